The molecule has 0 aromatic carbocycles. The molecule has 2 aromatic heterocycles. The van der Waals surface area contributed by atoms with Crippen LogP contribution in [0.15, 0.2) is 0 Å². The number of rotatable bonds is 2. The molecule has 0 saturated carbocycles. The van der Waals surface area contributed by atoms with E-state index in [-0.39, 0.29) is 11.6 Å². The number of ketones is 1. The quantitative estimate of drug-likeness (QED) is 0.694. The molecule has 2 aromatic rings. The van der Waals surface area contributed by atoms with Crippen molar-refractivity contribution in [3.8, 4) is 0 Å². The lowest BCUT2D eigenvalue weighted by Crippen LogP contribution is -2.04. The summed E-state index contributed by atoms with van der Waals surface area (Å²) < 4.78 is 0. The number of aromatic nitrogens is 5. The lowest BCUT2D eigenvalue weighted by atomic mass is 10.3. The van der Waals surface area contributed by atoms with Gasteiger partial charge in [-0.3, -0.25) is 4.79 Å². The average Bonchev–Trinajstić information content (AvgIpc) is 2.71. The van der Waals surface area contributed by atoms with Crippen molar-refractivity contribution in [3.05, 3.63) is 21.4 Å². The first-order chi connectivity index (χ1) is 7.08. The number of tetrazole rings is 1. The summed E-state index contributed by atoms with van der Waals surface area (Å²) in [5.74, 6) is -0.101. The van der Waals surface area contributed by atoms with Gasteiger partial charge >= 0.3 is 0 Å². The number of nitrogens with zero attached hydrogens (tertiary/aromatic N) is 5. The second kappa shape index (κ2) is 3.50. The van der Waals surface area contributed by atoms with Gasteiger partial charge in [-0.25, -0.2) is 4.98 Å². The summed E-state index contributed by atoms with van der Waals surface area (Å²) in [6, 6.07) is 0. The van der Waals surface area contributed by atoms with E-state index in [1.54, 1.807) is 14.0 Å². The second-order valence-electron chi connectivity index (χ2n) is 3.08. The standard InChI is InChI=1S/C8H9N5OS/c1-4-7(15-5(2)9-4)6(14)8-10-12-13(3)11-8/h1-3H3. The molecule has 0 unspecified atom stereocenters. The summed E-state index contributed by atoms with van der Waals surface area (Å²) in [5, 5.41) is 12.0. The minimum atomic E-state index is -0.216. The van der Waals surface area contributed by atoms with Crippen LogP contribution in [0, 0.1) is 13.8 Å². The Bertz CT molecular complexity index is 515. The Labute approximate surface area is 90.0 Å². The molecular weight excluding hydrogens is 214 g/mol. The van der Waals surface area contributed by atoms with Gasteiger partial charge < -0.3 is 0 Å². The first-order valence-corrected chi connectivity index (χ1v) is 5.12. The predicted molar refractivity (Wildman–Crippen MR) is 53.8 cm³/mol. The lowest BCUT2D eigenvalue weighted by Gasteiger charge is -1.90. The number of hydrogen-bond acceptors (Lipinski definition) is 6. The van der Waals surface area contributed by atoms with Gasteiger partial charge in [-0.05, 0) is 19.1 Å². The first kappa shape index (κ1) is 9.91. The molecule has 15 heavy (non-hydrogen) atoms. The average molecular weight is 223 g/mol. The third kappa shape index (κ3) is 1.78. The third-order valence-corrected chi connectivity index (χ3v) is 2.89. The van der Waals surface area contributed by atoms with Crippen molar-refractivity contribution in [1.82, 2.24) is 25.2 Å². The highest BCUT2D eigenvalue weighted by molar-refractivity contribution is 7.13. The SMILES string of the molecule is Cc1nc(C)c(C(=O)c2nnn(C)n2)s1. The van der Waals surface area contributed by atoms with Gasteiger partial charge in [0.25, 0.3) is 0 Å². The van der Waals surface area contributed by atoms with E-state index in [1.165, 1.54) is 16.1 Å². The van der Waals surface area contributed by atoms with E-state index in [0.717, 1.165) is 10.7 Å². The van der Waals surface area contributed by atoms with E-state index in [9.17, 15) is 4.79 Å². The molecule has 0 atom stereocenters. The number of carbonyl (C=O) groups is 1. The van der Waals surface area contributed by atoms with Crippen molar-refractivity contribution in [1.29, 1.82) is 0 Å². The number of aryl methyl sites for hydroxylation is 3. The van der Waals surface area contributed by atoms with E-state index < -0.39 is 0 Å². The maximum Gasteiger partial charge on any atom is 0.246 e. The number of carbonyl (C=O) groups excluding carboxylic acids is 1. The molecule has 2 rings (SSSR count). The van der Waals surface area contributed by atoms with Crippen LogP contribution in [0.2, 0.25) is 0 Å². The molecule has 78 valence electrons. The summed E-state index contributed by atoms with van der Waals surface area (Å²) >= 11 is 1.35. The van der Waals surface area contributed by atoms with E-state index in [1.807, 2.05) is 6.92 Å². The fourth-order valence-corrected chi connectivity index (χ4v) is 2.07. The van der Waals surface area contributed by atoms with Crippen LogP contribution in [-0.2, 0) is 7.05 Å². The molecule has 0 amide bonds. The predicted octanol–water partition coefficient (Wildman–Crippen LogP) is 0.514. The molecule has 7 heteroatoms. The van der Waals surface area contributed by atoms with Crippen LogP contribution in [0.1, 0.15) is 26.2 Å². The van der Waals surface area contributed by atoms with Gasteiger partial charge in [-0.1, -0.05) is 0 Å². The molecule has 0 aliphatic heterocycles. The van der Waals surface area contributed by atoms with E-state index in [2.05, 4.69) is 20.4 Å². The molecule has 2 heterocycles. The van der Waals surface area contributed by atoms with Gasteiger partial charge in [0.05, 0.1) is 17.7 Å². The van der Waals surface area contributed by atoms with Crippen molar-refractivity contribution in [3.63, 3.8) is 0 Å². The Morgan fingerprint density at radius 3 is 2.60 bits per heavy atom. The topological polar surface area (TPSA) is 73.6 Å². The van der Waals surface area contributed by atoms with Crippen LogP contribution in [0.5, 0.6) is 0 Å². The lowest BCUT2D eigenvalue weighted by molar-refractivity contribution is 0.103. The maximum atomic E-state index is 11.9. The van der Waals surface area contributed by atoms with Gasteiger partial charge in [0.1, 0.15) is 4.88 Å². The smallest absolute Gasteiger partial charge is 0.246 e. The van der Waals surface area contributed by atoms with Crippen LogP contribution in [0.4, 0.5) is 0 Å². The molecular formula is C8H9N5OS. The minimum Gasteiger partial charge on any atom is -0.284 e. The zero-order valence-corrected chi connectivity index (χ0v) is 9.37. The molecule has 0 fully saturated rings. The van der Waals surface area contributed by atoms with Gasteiger partial charge in [-0.15, -0.1) is 21.5 Å². The zero-order valence-electron chi connectivity index (χ0n) is 8.55. The van der Waals surface area contributed by atoms with Crippen LogP contribution in [0.25, 0.3) is 0 Å². The van der Waals surface area contributed by atoms with Crippen molar-refractivity contribution >= 4 is 17.1 Å². The molecule has 0 spiro atoms. The van der Waals surface area contributed by atoms with Crippen molar-refractivity contribution < 1.29 is 4.79 Å². The van der Waals surface area contributed by atoms with E-state index in [0.29, 0.717) is 4.88 Å². The highest BCUT2D eigenvalue weighted by Gasteiger charge is 2.19. The normalized spacial score (nSPS) is 10.6. The minimum absolute atomic E-state index is 0.115. The van der Waals surface area contributed by atoms with Gasteiger partial charge in [0.2, 0.25) is 11.6 Å². The van der Waals surface area contributed by atoms with Gasteiger partial charge in [0.15, 0.2) is 0 Å². The monoisotopic (exact) mass is 223 g/mol. The largest absolute Gasteiger partial charge is 0.284 e. The number of thiazole rings is 1. The van der Waals surface area contributed by atoms with Crippen LogP contribution in [-0.4, -0.2) is 31.0 Å². The summed E-state index contributed by atoms with van der Waals surface area (Å²) in [7, 11) is 1.62. The molecule has 0 radical (unpaired) electrons. The van der Waals surface area contributed by atoms with Gasteiger partial charge in [-0.2, -0.15) is 4.80 Å². The van der Waals surface area contributed by atoms with Crippen molar-refractivity contribution in [2.75, 3.05) is 0 Å². The Kier molecular flexibility index (Phi) is 2.31. The summed E-state index contributed by atoms with van der Waals surface area (Å²) in [4.78, 5) is 17.9. The third-order valence-electron chi connectivity index (χ3n) is 1.82. The molecule has 0 bridgehead atoms. The summed E-state index contributed by atoms with van der Waals surface area (Å²) in [5.41, 5.74) is 0.718. The second-order valence-corrected chi connectivity index (χ2v) is 4.28. The van der Waals surface area contributed by atoms with Crippen LogP contribution in [0.3, 0.4) is 0 Å². The molecule has 0 N–H and O–H groups in total. The summed E-state index contributed by atoms with van der Waals surface area (Å²) in [6.45, 7) is 3.66. The highest BCUT2D eigenvalue weighted by Crippen LogP contribution is 2.19. The molecule has 6 nitrogen and oxygen atoms in total. The Hall–Kier alpha value is -1.63. The van der Waals surface area contributed by atoms with Crippen molar-refractivity contribution in [2.24, 2.45) is 7.05 Å². The number of hydrogen-bond donors (Lipinski definition) is 0. The van der Waals surface area contributed by atoms with E-state index in [4.69, 9.17) is 0 Å². The van der Waals surface area contributed by atoms with Crippen molar-refractivity contribution in [2.45, 2.75) is 13.8 Å². The first-order valence-electron chi connectivity index (χ1n) is 4.30. The molecule has 0 saturated heterocycles. The highest BCUT2D eigenvalue weighted by atomic mass is 32.1. The Balaban J connectivity index is 2.40. The van der Waals surface area contributed by atoms with Crippen LogP contribution < -0.4 is 0 Å². The zero-order chi connectivity index (χ0) is 11.0. The maximum absolute atomic E-state index is 11.9. The Morgan fingerprint density at radius 2 is 2.13 bits per heavy atom. The fourth-order valence-electron chi connectivity index (χ4n) is 1.22. The Morgan fingerprint density at radius 1 is 1.40 bits per heavy atom. The summed E-state index contributed by atoms with van der Waals surface area (Å²) in [6.07, 6.45) is 0. The fraction of sp³-hybridized carbons (Fsp3) is 0.375. The van der Waals surface area contributed by atoms with Crippen LogP contribution >= 0.6 is 11.3 Å². The van der Waals surface area contributed by atoms with E-state index >= 15 is 0 Å². The molecule has 0 aliphatic rings. The molecule has 0 aliphatic carbocycles. The van der Waals surface area contributed by atoms with Gasteiger partial charge in [0, 0.05) is 0 Å².